The monoisotopic (exact) mass is 264 g/mol. The Morgan fingerprint density at radius 1 is 1.35 bits per heavy atom. The summed E-state index contributed by atoms with van der Waals surface area (Å²) in [6.45, 7) is 3.13. The van der Waals surface area contributed by atoms with E-state index in [2.05, 4.69) is 47.6 Å². The zero-order valence-electron chi connectivity index (χ0n) is 9.80. The van der Waals surface area contributed by atoms with Crippen molar-refractivity contribution in [3.63, 3.8) is 0 Å². The van der Waals surface area contributed by atoms with Crippen LogP contribution in [0.1, 0.15) is 18.5 Å². The number of nitrogens with zero attached hydrogens (tertiary/aromatic N) is 1. The molecule has 0 saturated carbocycles. The van der Waals surface area contributed by atoms with E-state index in [-0.39, 0.29) is 0 Å². The summed E-state index contributed by atoms with van der Waals surface area (Å²) in [6.07, 6.45) is 1.86. The lowest BCUT2D eigenvalue weighted by Gasteiger charge is -2.17. The molecule has 0 saturated heterocycles. The average molecular weight is 264 g/mol. The van der Waals surface area contributed by atoms with Gasteiger partial charge in [0, 0.05) is 23.4 Å². The highest BCUT2D eigenvalue weighted by Crippen LogP contribution is 2.25. The summed E-state index contributed by atoms with van der Waals surface area (Å²) >= 11 is 3.52. The highest BCUT2D eigenvalue weighted by atomic mass is 32.2. The maximum atomic E-state index is 4.30. The zero-order valence-corrected chi connectivity index (χ0v) is 11.4. The van der Waals surface area contributed by atoms with Gasteiger partial charge < -0.3 is 5.32 Å². The summed E-state index contributed by atoms with van der Waals surface area (Å²) in [5.74, 6) is 1.02. The summed E-state index contributed by atoms with van der Waals surface area (Å²) in [4.78, 5) is 4.30. The molecular weight excluding hydrogens is 248 g/mol. The largest absolute Gasteiger partial charge is 0.309 e. The molecule has 90 valence electrons. The third-order valence-corrected chi connectivity index (χ3v) is 4.50. The van der Waals surface area contributed by atoms with Crippen LogP contribution >= 0.6 is 23.1 Å². The van der Waals surface area contributed by atoms with Crippen LogP contribution in [-0.2, 0) is 0 Å². The number of thiazole rings is 1. The van der Waals surface area contributed by atoms with Crippen molar-refractivity contribution in [1.29, 1.82) is 0 Å². The topological polar surface area (TPSA) is 24.9 Å². The second-order valence-electron chi connectivity index (χ2n) is 3.63. The first-order valence-electron chi connectivity index (χ1n) is 5.70. The molecule has 1 atom stereocenters. The minimum atomic E-state index is 0.398. The van der Waals surface area contributed by atoms with Crippen LogP contribution in [0.25, 0.3) is 0 Å². The third kappa shape index (κ3) is 3.84. The zero-order chi connectivity index (χ0) is 11.9. The molecule has 1 aromatic heterocycles. The molecule has 2 nitrogen and oxygen atoms in total. The van der Waals surface area contributed by atoms with E-state index in [0.717, 1.165) is 16.6 Å². The molecule has 17 heavy (non-hydrogen) atoms. The molecule has 0 aliphatic carbocycles. The number of hydrogen-bond acceptors (Lipinski definition) is 4. The van der Waals surface area contributed by atoms with Gasteiger partial charge in [-0.15, -0.1) is 11.3 Å². The van der Waals surface area contributed by atoms with E-state index < -0.39 is 0 Å². The van der Waals surface area contributed by atoms with E-state index in [1.54, 1.807) is 11.3 Å². The van der Waals surface area contributed by atoms with Gasteiger partial charge in [-0.05, 0) is 12.1 Å². The summed E-state index contributed by atoms with van der Waals surface area (Å²) in [5.41, 5.74) is 1.35. The Morgan fingerprint density at radius 2 is 2.18 bits per heavy atom. The second-order valence-corrected chi connectivity index (χ2v) is 5.79. The Morgan fingerprint density at radius 3 is 2.82 bits per heavy atom. The summed E-state index contributed by atoms with van der Waals surface area (Å²) < 4.78 is 1.14. The van der Waals surface area contributed by atoms with Crippen LogP contribution in [0, 0.1) is 0 Å². The van der Waals surface area contributed by atoms with Crippen LogP contribution in [0.5, 0.6) is 0 Å². The van der Waals surface area contributed by atoms with Crippen LogP contribution in [-0.4, -0.2) is 17.3 Å². The van der Waals surface area contributed by atoms with Gasteiger partial charge in [0.25, 0.3) is 0 Å². The summed E-state index contributed by atoms with van der Waals surface area (Å²) in [7, 11) is 0. The molecule has 0 aliphatic heterocycles. The summed E-state index contributed by atoms with van der Waals surface area (Å²) in [5, 5.41) is 5.54. The Hall–Kier alpha value is -0.840. The van der Waals surface area contributed by atoms with Gasteiger partial charge in [-0.1, -0.05) is 49.0 Å². The molecule has 0 bridgehead atoms. The van der Waals surface area contributed by atoms with Crippen LogP contribution in [0.15, 0.2) is 46.2 Å². The lowest BCUT2D eigenvalue weighted by molar-refractivity contribution is 0.606. The molecule has 0 fully saturated rings. The van der Waals surface area contributed by atoms with Gasteiger partial charge in [0.1, 0.15) is 4.34 Å². The first-order chi connectivity index (χ1) is 8.40. The molecule has 0 amide bonds. The lowest BCUT2D eigenvalue weighted by Crippen LogP contribution is -2.22. The van der Waals surface area contributed by atoms with E-state index in [1.165, 1.54) is 5.56 Å². The number of hydrogen-bond donors (Lipinski definition) is 1. The standard InChI is InChI=1S/C13H16N2S2/c1-2-14-12(11-6-4-3-5-7-11)10-17-13-15-8-9-16-13/h3-9,12,14H,2,10H2,1H3. The van der Waals surface area contributed by atoms with Crippen molar-refractivity contribution < 1.29 is 0 Å². The predicted molar refractivity (Wildman–Crippen MR) is 75.7 cm³/mol. The van der Waals surface area contributed by atoms with Gasteiger partial charge in [-0.25, -0.2) is 4.98 Å². The highest BCUT2D eigenvalue weighted by molar-refractivity contribution is 8.01. The molecule has 0 aliphatic rings. The first-order valence-corrected chi connectivity index (χ1v) is 7.57. The van der Waals surface area contributed by atoms with Gasteiger partial charge in [-0.3, -0.25) is 0 Å². The summed E-state index contributed by atoms with van der Waals surface area (Å²) in [6, 6.07) is 11.0. The minimum absolute atomic E-state index is 0.398. The van der Waals surface area contributed by atoms with Gasteiger partial charge in [0.15, 0.2) is 0 Å². The molecule has 1 N–H and O–H groups in total. The number of aromatic nitrogens is 1. The smallest absolute Gasteiger partial charge is 0.149 e. The molecular formula is C13H16N2S2. The SMILES string of the molecule is CCNC(CSc1nccs1)c1ccccc1. The van der Waals surface area contributed by atoms with Crippen molar-refractivity contribution >= 4 is 23.1 Å². The van der Waals surface area contributed by atoms with Crippen molar-refractivity contribution in [1.82, 2.24) is 10.3 Å². The lowest BCUT2D eigenvalue weighted by atomic mass is 10.1. The third-order valence-electron chi connectivity index (χ3n) is 2.44. The van der Waals surface area contributed by atoms with E-state index in [4.69, 9.17) is 0 Å². The maximum Gasteiger partial charge on any atom is 0.149 e. The van der Waals surface area contributed by atoms with Crippen LogP contribution < -0.4 is 5.32 Å². The van der Waals surface area contributed by atoms with Crippen molar-refractivity contribution in [3.05, 3.63) is 47.5 Å². The van der Waals surface area contributed by atoms with Gasteiger partial charge >= 0.3 is 0 Å². The van der Waals surface area contributed by atoms with Gasteiger partial charge in [0.05, 0.1) is 0 Å². The predicted octanol–water partition coefficient (Wildman–Crippen LogP) is 3.59. The van der Waals surface area contributed by atoms with E-state index >= 15 is 0 Å². The van der Waals surface area contributed by atoms with Crippen LogP contribution in [0.3, 0.4) is 0 Å². The number of rotatable bonds is 6. The first kappa shape index (κ1) is 12.6. The molecule has 1 unspecified atom stereocenters. The quantitative estimate of drug-likeness (QED) is 0.807. The Balaban J connectivity index is 1.98. The van der Waals surface area contributed by atoms with Crippen molar-refractivity contribution in [2.45, 2.75) is 17.3 Å². The molecule has 4 heteroatoms. The number of benzene rings is 1. The highest BCUT2D eigenvalue weighted by Gasteiger charge is 2.10. The molecule has 1 aromatic carbocycles. The Kier molecular flexibility index (Phi) is 5.04. The molecule has 0 spiro atoms. The van der Waals surface area contributed by atoms with Crippen molar-refractivity contribution in [2.75, 3.05) is 12.3 Å². The van der Waals surface area contributed by atoms with Gasteiger partial charge in [-0.2, -0.15) is 0 Å². The fraction of sp³-hybridized carbons (Fsp3) is 0.308. The molecule has 0 radical (unpaired) electrons. The molecule has 2 rings (SSSR count). The van der Waals surface area contributed by atoms with E-state index in [1.807, 2.05) is 23.3 Å². The minimum Gasteiger partial charge on any atom is -0.309 e. The van der Waals surface area contributed by atoms with E-state index in [9.17, 15) is 0 Å². The van der Waals surface area contributed by atoms with Gasteiger partial charge in [0.2, 0.25) is 0 Å². The van der Waals surface area contributed by atoms with Crippen LogP contribution in [0.4, 0.5) is 0 Å². The van der Waals surface area contributed by atoms with Crippen molar-refractivity contribution in [2.24, 2.45) is 0 Å². The molecule has 1 heterocycles. The Labute approximate surface area is 110 Å². The molecule has 2 aromatic rings. The maximum absolute atomic E-state index is 4.30. The normalized spacial score (nSPS) is 12.5. The van der Waals surface area contributed by atoms with Crippen LogP contribution in [0.2, 0.25) is 0 Å². The fourth-order valence-corrected chi connectivity index (χ4v) is 3.40. The number of thioether (sulfide) groups is 1. The Bertz CT molecular complexity index is 414. The van der Waals surface area contributed by atoms with E-state index in [0.29, 0.717) is 6.04 Å². The fourth-order valence-electron chi connectivity index (χ4n) is 1.64. The average Bonchev–Trinajstić information content (AvgIpc) is 2.88. The number of nitrogens with one attached hydrogen (secondary N) is 1. The second kappa shape index (κ2) is 6.79. The van der Waals surface area contributed by atoms with Crippen molar-refractivity contribution in [3.8, 4) is 0 Å².